The zero-order chi connectivity index (χ0) is 14.7. The second-order valence-electron chi connectivity index (χ2n) is 4.11. The van der Waals surface area contributed by atoms with E-state index in [-0.39, 0.29) is 0 Å². The van der Waals surface area contributed by atoms with Gasteiger partial charge in [-0.15, -0.1) is 0 Å². The van der Waals surface area contributed by atoms with E-state index < -0.39 is 5.97 Å². The first-order valence-electron chi connectivity index (χ1n) is 5.77. The predicted molar refractivity (Wildman–Crippen MR) is 77.6 cm³/mol. The van der Waals surface area contributed by atoms with Crippen LogP contribution >= 0.6 is 0 Å². The number of anilines is 3. The first-order valence-corrected chi connectivity index (χ1v) is 5.77. The summed E-state index contributed by atoms with van der Waals surface area (Å²) in [5, 5.41) is 0. The summed E-state index contributed by atoms with van der Waals surface area (Å²) in [6.45, 7) is 0. The molecular weight excluding hydrogens is 258 g/mol. The van der Waals surface area contributed by atoms with Crippen LogP contribution in [0.2, 0.25) is 0 Å². The van der Waals surface area contributed by atoms with Crippen molar-refractivity contribution in [3.05, 3.63) is 35.9 Å². The number of nitrogens with one attached hydrogen (secondary N) is 1. The van der Waals surface area contributed by atoms with E-state index in [1.54, 1.807) is 24.3 Å². The predicted octanol–water partition coefficient (Wildman–Crippen LogP) is 0.985. The number of hydrogen-bond donors (Lipinski definition) is 4. The van der Waals surface area contributed by atoms with Gasteiger partial charge < -0.3 is 21.6 Å². The molecule has 0 saturated heterocycles. The summed E-state index contributed by atoms with van der Waals surface area (Å²) in [6, 6.07) is 8.26. The monoisotopic (exact) mass is 273 g/mol. The lowest BCUT2D eigenvalue weighted by molar-refractivity contribution is 0.0601. The van der Waals surface area contributed by atoms with E-state index in [1.165, 1.54) is 13.2 Å². The van der Waals surface area contributed by atoms with Crippen LogP contribution in [0.1, 0.15) is 10.4 Å². The largest absolute Gasteiger partial charge is 0.465 e. The zero-order valence-corrected chi connectivity index (χ0v) is 10.9. The van der Waals surface area contributed by atoms with Gasteiger partial charge in [-0.1, -0.05) is 0 Å². The van der Waals surface area contributed by atoms with Gasteiger partial charge in [-0.2, -0.15) is 0 Å². The summed E-state index contributed by atoms with van der Waals surface area (Å²) in [6.07, 6.45) is 0. The van der Waals surface area contributed by atoms with Gasteiger partial charge in [0.1, 0.15) is 0 Å². The van der Waals surface area contributed by atoms with Crippen LogP contribution in [0, 0.1) is 0 Å². The fourth-order valence-corrected chi connectivity index (χ4v) is 1.78. The van der Waals surface area contributed by atoms with Gasteiger partial charge in [0, 0.05) is 11.3 Å². The Morgan fingerprint density at radius 1 is 1.25 bits per heavy atom. The average Bonchev–Trinajstić information content (AvgIpc) is 2.46. The number of carbonyl (C=O) groups excluding carboxylic acids is 1. The Balaban J connectivity index is 2.52. The van der Waals surface area contributed by atoms with Crippen LogP contribution in [0.15, 0.2) is 30.3 Å². The van der Waals surface area contributed by atoms with Gasteiger partial charge in [-0.05, 0) is 30.3 Å². The normalized spacial score (nSPS) is 10.1. The number of rotatable bonds is 3. The minimum atomic E-state index is -0.467. The number of nitrogens with two attached hydrogens (primary N) is 3. The molecule has 0 radical (unpaired) electrons. The summed E-state index contributed by atoms with van der Waals surface area (Å²) in [4.78, 5) is 15.8. The molecule has 0 spiro atoms. The van der Waals surface area contributed by atoms with E-state index >= 15 is 0 Å². The maximum atomic E-state index is 11.6. The van der Waals surface area contributed by atoms with Crippen molar-refractivity contribution in [2.45, 2.75) is 0 Å². The van der Waals surface area contributed by atoms with Crippen LogP contribution in [-0.2, 0) is 4.74 Å². The number of methoxy groups -OCH3 is 1. The molecule has 0 atom stereocenters. The number of carbonyl (C=O) groups is 1. The fourth-order valence-electron chi connectivity index (χ4n) is 1.78. The third-order valence-electron chi connectivity index (χ3n) is 2.74. The van der Waals surface area contributed by atoms with Crippen LogP contribution in [0.4, 0.5) is 17.2 Å². The number of nitrogens with zero attached hydrogens (tertiary/aromatic N) is 1. The van der Waals surface area contributed by atoms with Gasteiger partial charge in [0.2, 0.25) is 0 Å². The van der Waals surface area contributed by atoms with Crippen molar-refractivity contribution < 1.29 is 9.53 Å². The first-order chi connectivity index (χ1) is 9.55. The van der Waals surface area contributed by atoms with Gasteiger partial charge in [-0.25, -0.2) is 15.6 Å². The molecule has 0 fully saturated rings. The second-order valence-corrected chi connectivity index (χ2v) is 4.11. The maximum absolute atomic E-state index is 11.6. The molecule has 1 heterocycles. The molecule has 0 aliphatic heterocycles. The van der Waals surface area contributed by atoms with E-state index in [0.717, 1.165) is 0 Å². The highest BCUT2D eigenvalue weighted by Crippen LogP contribution is 2.25. The van der Waals surface area contributed by atoms with Gasteiger partial charge in [0.05, 0.1) is 24.1 Å². The lowest BCUT2D eigenvalue weighted by atomic mass is 10.1. The minimum Gasteiger partial charge on any atom is -0.465 e. The van der Waals surface area contributed by atoms with Crippen LogP contribution in [0.25, 0.3) is 11.3 Å². The molecule has 0 saturated carbocycles. The Kier molecular flexibility index (Phi) is 3.72. The number of hydrazine groups is 1. The van der Waals surface area contributed by atoms with Gasteiger partial charge in [-0.3, -0.25) is 0 Å². The van der Waals surface area contributed by atoms with E-state index in [1.807, 2.05) is 0 Å². The van der Waals surface area contributed by atoms with Crippen molar-refractivity contribution in [2.24, 2.45) is 5.84 Å². The van der Waals surface area contributed by atoms with Crippen LogP contribution in [0.5, 0.6) is 0 Å². The summed E-state index contributed by atoms with van der Waals surface area (Å²) >= 11 is 0. The highest BCUT2D eigenvalue weighted by molar-refractivity contribution is 5.92. The quantitative estimate of drug-likeness (QED) is 0.284. The first kappa shape index (κ1) is 13.6. The van der Waals surface area contributed by atoms with Gasteiger partial charge in [0.15, 0.2) is 5.82 Å². The van der Waals surface area contributed by atoms with Crippen LogP contribution < -0.4 is 22.7 Å². The van der Waals surface area contributed by atoms with Crippen molar-refractivity contribution >= 4 is 23.2 Å². The van der Waals surface area contributed by atoms with Crippen molar-refractivity contribution in [2.75, 3.05) is 24.0 Å². The standard InChI is InChI=1S/C13H15N5O2/c1-20-13(19)8-4-7(5-9(14)6-8)11-3-2-10(15)12(17-11)18-16/h2-6H,14-16H2,1H3,(H,17,18). The Bertz CT molecular complexity index is 657. The van der Waals surface area contributed by atoms with E-state index in [0.29, 0.717) is 34.0 Å². The summed E-state index contributed by atoms with van der Waals surface area (Å²) in [7, 11) is 1.31. The average molecular weight is 273 g/mol. The zero-order valence-electron chi connectivity index (χ0n) is 10.9. The lowest BCUT2D eigenvalue weighted by Gasteiger charge is -2.09. The second kappa shape index (κ2) is 5.45. The smallest absolute Gasteiger partial charge is 0.337 e. The number of aromatic nitrogens is 1. The molecule has 7 nitrogen and oxygen atoms in total. The maximum Gasteiger partial charge on any atom is 0.337 e. The lowest BCUT2D eigenvalue weighted by Crippen LogP contribution is -2.11. The highest BCUT2D eigenvalue weighted by Gasteiger charge is 2.11. The Hall–Kier alpha value is -2.80. The van der Waals surface area contributed by atoms with Crippen LogP contribution in [0.3, 0.4) is 0 Å². The van der Waals surface area contributed by atoms with Crippen LogP contribution in [-0.4, -0.2) is 18.1 Å². The number of esters is 1. The van der Waals surface area contributed by atoms with Crippen molar-refractivity contribution in [1.29, 1.82) is 0 Å². The molecule has 1 aromatic heterocycles. The molecule has 0 amide bonds. The molecule has 0 aliphatic carbocycles. The number of nitrogen functional groups attached to an aromatic ring is 3. The van der Waals surface area contributed by atoms with Gasteiger partial charge >= 0.3 is 5.97 Å². The highest BCUT2D eigenvalue weighted by atomic mass is 16.5. The molecule has 7 N–H and O–H groups in total. The van der Waals surface area contributed by atoms with Gasteiger partial charge in [0.25, 0.3) is 0 Å². The SMILES string of the molecule is COC(=O)c1cc(N)cc(-c2ccc(N)c(NN)n2)c1. The summed E-state index contributed by atoms with van der Waals surface area (Å²) in [5.41, 5.74) is 16.4. The van der Waals surface area contributed by atoms with Crippen molar-refractivity contribution in [3.63, 3.8) is 0 Å². The summed E-state index contributed by atoms with van der Waals surface area (Å²) in [5.74, 6) is 5.22. The Morgan fingerprint density at radius 3 is 2.65 bits per heavy atom. The Morgan fingerprint density at radius 2 is 2.00 bits per heavy atom. The molecule has 0 aliphatic rings. The summed E-state index contributed by atoms with van der Waals surface area (Å²) < 4.78 is 4.68. The molecule has 0 bridgehead atoms. The Labute approximate surface area is 115 Å². The molecule has 2 rings (SSSR count). The van der Waals surface area contributed by atoms with Crippen molar-refractivity contribution in [3.8, 4) is 11.3 Å². The molecule has 20 heavy (non-hydrogen) atoms. The number of benzene rings is 1. The van der Waals surface area contributed by atoms with E-state index in [2.05, 4.69) is 15.1 Å². The van der Waals surface area contributed by atoms with E-state index in [9.17, 15) is 4.79 Å². The molecular formula is C13H15N5O2. The molecule has 2 aromatic rings. The molecule has 0 unspecified atom stereocenters. The number of ether oxygens (including phenoxy) is 1. The van der Waals surface area contributed by atoms with Crippen molar-refractivity contribution in [1.82, 2.24) is 4.98 Å². The number of hydrogen-bond acceptors (Lipinski definition) is 7. The number of pyridine rings is 1. The molecule has 104 valence electrons. The third-order valence-corrected chi connectivity index (χ3v) is 2.74. The molecule has 1 aromatic carbocycles. The minimum absolute atomic E-state index is 0.350. The van der Waals surface area contributed by atoms with E-state index in [4.69, 9.17) is 17.3 Å². The molecule has 7 heteroatoms. The third kappa shape index (κ3) is 2.62. The topological polar surface area (TPSA) is 129 Å². The fraction of sp³-hybridized carbons (Fsp3) is 0.0769.